The molecule has 0 aliphatic heterocycles. The summed E-state index contributed by atoms with van der Waals surface area (Å²) in [6.45, 7) is 3.99. The molecule has 1 atom stereocenters. The van der Waals surface area contributed by atoms with Gasteiger partial charge in [0.1, 0.15) is 5.69 Å². The Kier molecular flexibility index (Phi) is 4.43. The predicted octanol–water partition coefficient (Wildman–Crippen LogP) is 3.40. The van der Waals surface area contributed by atoms with Crippen molar-refractivity contribution in [3.05, 3.63) is 64.9 Å². The minimum absolute atomic E-state index is 0.0822. The number of aromatic nitrogens is 3. The Bertz CT molecular complexity index is 799. The lowest BCUT2D eigenvalue weighted by molar-refractivity contribution is 0.0935. The van der Waals surface area contributed by atoms with Gasteiger partial charge in [-0.1, -0.05) is 29.8 Å². The highest BCUT2D eigenvalue weighted by molar-refractivity contribution is 7.13. The fraction of sp³-hybridized carbons (Fsp3) is 0.176. The fourth-order valence-electron chi connectivity index (χ4n) is 2.10. The second kappa shape index (κ2) is 6.66. The van der Waals surface area contributed by atoms with E-state index < -0.39 is 0 Å². The number of benzene rings is 1. The number of thiazole rings is 1. The lowest BCUT2D eigenvalue weighted by Crippen LogP contribution is -2.26. The predicted molar refractivity (Wildman–Crippen MR) is 90.2 cm³/mol. The van der Waals surface area contributed by atoms with Crippen LogP contribution in [0.25, 0.3) is 10.8 Å². The normalized spacial score (nSPS) is 11.9. The highest BCUT2D eigenvalue weighted by atomic mass is 32.1. The minimum atomic E-state index is -0.198. The first-order chi connectivity index (χ1) is 11.1. The van der Waals surface area contributed by atoms with Crippen LogP contribution in [-0.2, 0) is 0 Å². The highest BCUT2D eigenvalue weighted by Crippen LogP contribution is 2.20. The molecular formula is C17H16N4OS. The molecule has 2 aromatic heterocycles. The Labute approximate surface area is 138 Å². The maximum absolute atomic E-state index is 12.3. The average molecular weight is 324 g/mol. The molecule has 1 N–H and O–H groups in total. The fourth-order valence-corrected chi connectivity index (χ4v) is 2.84. The molecule has 3 rings (SSSR count). The lowest BCUT2D eigenvalue weighted by Gasteiger charge is -2.13. The molecule has 3 aromatic rings. The van der Waals surface area contributed by atoms with Crippen molar-refractivity contribution < 1.29 is 4.79 Å². The van der Waals surface area contributed by atoms with Crippen LogP contribution in [0.2, 0.25) is 0 Å². The van der Waals surface area contributed by atoms with E-state index in [1.807, 2.05) is 38.1 Å². The molecule has 0 saturated carbocycles. The first-order valence-corrected chi connectivity index (χ1v) is 8.12. The number of amides is 1. The molecule has 116 valence electrons. The van der Waals surface area contributed by atoms with Crippen molar-refractivity contribution in [1.29, 1.82) is 0 Å². The van der Waals surface area contributed by atoms with Crippen molar-refractivity contribution in [2.75, 3.05) is 0 Å². The summed E-state index contributed by atoms with van der Waals surface area (Å²) in [5.74, 6) is 0.333. The number of carbonyl (C=O) groups is 1. The summed E-state index contributed by atoms with van der Waals surface area (Å²) in [6, 6.07) is 9.77. The standard InChI is InChI=1S/C17H16N4OS/c1-11-4-6-13(7-5-11)12(2)20-16(22)14-10-23-17(21-14)15-18-8-3-9-19-15/h3-10,12H,1-2H3,(H,20,22). The molecule has 0 aliphatic carbocycles. The summed E-state index contributed by atoms with van der Waals surface area (Å²) in [5.41, 5.74) is 2.64. The van der Waals surface area contributed by atoms with Crippen molar-refractivity contribution in [1.82, 2.24) is 20.3 Å². The average Bonchev–Trinajstić information content (AvgIpc) is 3.06. The maximum atomic E-state index is 12.3. The van der Waals surface area contributed by atoms with Gasteiger partial charge in [0, 0.05) is 17.8 Å². The van der Waals surface area contributed by atoms with Gasteiger partial charge in [0.15, 0.2) is 10.8 Å². The second-order valence-electron chi connectivity index (χ2n) is 5.22. The molecule has 0 bridgehead atoms. The first-order valence-electron chi connectivity index (χ1n) is 7.24. The smallest absolute Gasteiger partial charge is 0.271 e. The van der Waals surface area contributed by atoms with Crippen LogP contribution in [0.4, 0.5) is 0 Å². The van der Waals surface area contributed by atoms with E-state index in [1.165, 1.54) is 16.9 Å². The third-order valence-electron chi connectivity index (χ3n) is 3.42. The van der Waals surface area contributed by atoms with Crippen LogP contribution in [0.3, 0.4) is 0 Å². The van der Waals surface area contributed by atoms with Gasteiger partial charge in [-0.2, -0.15) is 0 Å². The number of aryl methyl sites for hydroxylation is 1. The molecule has 23 heavy (non-hydrogen) atoms. The number of nitrogens with zero attached hydrogens (tertiary/aromatic N) is 3. The van der Waals surface area contributed by atoms with E-state index in [4.69, 9.17) is 0 Å². The summed E-state index contributed by atoms with van der Waals surface area (Å²) in [5, 5.41) is 5.32. The van der Waals surface area contributed by atoms with E-state index in [2.05, 4.69) is 20.3 Å². The minimum Gasteiger partial charge on any atom is -0.344 e. The molecule has 1 unspecified atom stereocenters. The molecule has 0 radical (unpaired) electrons. The van der Waals surface area contributed by atoms with Gasteiger partial charge < -0.3 is 5.32 Å². The zero-order valence-corrected chi connectivity index (χ0v) is 13.7. The van der Waals surface area contributed by atoms with E-state index in [9.17, 15) is 4.79 Å². The SMILES string of the molecule is Cc1ccc(C(C)NC(=O)c2csc(-c3ncccn3)n2)cc1. The number of rotatable bonds is 4. The van der Waals surface area contributed by atoms with Gasteiger partial charge in [-0.15, -0.1) is 11.3 Å². The number of hydrogen-bond acceptors (Lipinski definition) is 5. The molecule has 0 aliphatic rings. The Balaban J connectivity index is 1.71. The van der Waals surface area contributed by atoms with Gasteiger partial charge in [-0.3, -0.25) is 4.79 Å². The van der Waals surface area contributed by atoms with Gasteiger partial charge in [0.2, 0.25) is 0 Å². The Morgan fingerprint density at radius 1 is 1.17 bits per heavy atom. The number of hydrogen-bond donors (Lipinski definition) is 1. The molecule has 0 spiro atoms. The summed E-state index contributed by atoms with van der Waals surface area (Å²) in [7, 11) is 0. The lowest BCUT2D eigenvalue weighted by atomic mass is 10.1. The van der Waals surface area contributed by atoms with Crippen molar-refractivity contribution in [2.24, 2.45) is 0 Å². The van der Waals surface area contributed by atoms with Crippen LogP contribution in [0, 0.1) is 6.92 Å². The van der Waals surface area contributed by atoms with E-state index in [-0.39, 0.29) is 11.9 Å². The number of carbonyl (C=O) groups excluding carboxylic acids is 1. The summed E-state index contributed by atoms with van der Waals surface area (Å²) >= 11 is 1.36. The second-order valence-corrected chi connectivity index (χ2v) is 6.07. The monoisotopic (exact) mass is 324 g/mol. The summed E-state index contributed by atoms with van der Waals surface area (Å²) < 4.78 is 0. The molecular weight excluding hydrogens is 308 g/mol. The van der Waals surface area contributed by atoms with E-state index >= 15 is 0 Å². The van der Waals surface area contributed by atoms with E-state index in [1.54, 1.807) is 23.8 Å². The van der Waals surface area contributed by atoms with Crippen LogP contribution in [0.15, 0.2) is 48.1 Å². The molecule has 5 nitrogen and oxygen atoms in total. The largest absolute Gasteiger partial charge is 0.344 e. The quantitative estimate of drug-likeness (QED) is 0.798. The zero-order chi connectivity index (χ0) is 16.2. The summed E-state index contributed by atoms with van der Waals surface area (Å²) in [6.07, 6.45) is 3.31. The Morgan fingerprint density at radius 3 is 2.57 bits per heavy atom. The van der Waals surface area contributed by atoms with Gasteiger partial charge >= 0.3 is 0 Å². The van der Waals surface area contributed by atoms with Crippen molar-refractivity contribution in [3.63, 3.8) is 0 Å². The van der Waals surface area contributed by atoms with E-state index in [0.717, 1.165) is 5.56 Å². The van der Waals surface area contributed by atoms with E-state index in [0.29, 0.717) is 16.5 Å². The van der Waals surface area contributed by atoms with Crippen molar-refractivity contribution in [3.8, 4) is 10.8 Å². The molecule has 1 amide bonds. The van der Waals surface area contributed by atoms with Crippen LogP contribution in [0.5, 0.6) is 0 Å². The van der Waals surface area contributed by atoms with Gasteiger partial charge in [-0.25, -0.2) is 15.0 Å². The Morgan fingerprint density at radius 2 is 1.87 bits per heavy atom. The van der Waals surface area contributed by atoms with Crippen LogP contribution >= 0.6 is 11.3 Å². The first kappa shape index (κ1) is 15.3. The third-order valence-corrected chi connectivity index (χ3v) is 4.26. The maximum Gasteiger partial charge on any atom is 0.271 e. The van der Waals surface area contributed by atoms with Gasteiger partial charge in [-0.05, 0) is 25.5 Å². The molecule has 0 saturated heterocycles. The third kappa shape index (κ3) is 3.60. The molecule has 1 aromatic carbocycles. The van der Waals surface area contributed by atoms with Crippen LogP contribution in [0.1, 0.15) is 34.6 Å². The van der Waals surface area contributed by atoms with Crippen LogP contribution in [-0.4, -0.2) is 20.9 Å². The molecule has 0 fully saturated rings. The van der Waals surface area contributed by atoms with Crippen LogP contribution < -0.4 is 5.32 Å². The number of nitrogens with one attached hydrogen (secondary N) is 1. The highest BCUT2D eigenvalue weighted by Gasteiger charge is 2.16. The topological polar surface area (TPSA) is 67.8 Å². The molecule has 6 heteroatoms. The van der Waals surface area contributed by atoms with Crippen molar-refractivity contribution >= 4 is 17.2 Å². The van der Waals surface area contributed by atoms with Gasteiger partial charge in [0.25, 0.3) is 5.91 Å². The Hall–Kier alpha value is -2.60. The summed E-state index contributed by atoms with van der Waals surface area (Å²) in [4.78, 5) is 24.9. The molecule has 2 heterocycles. The van der Waals surface area contributed by atoms with Gasteiger partial charge in [0.05, 0.1) is 6.04 Å². The van der Waals surface area contributed by atoms with Crippen molar-refractivity contribution in [2.45, 2.75) is 19.9 Å². The zero-order valence-electron chi connectivity index (χ0n) is 12.9.